The van der Waals surface area contributed by atoms with Crippen LogP contribution < -0.4 is 5.32 Å². The first kappa shape index (κ1) is 26.2. The molecule has 0 spiro atoms. The fourth-order valence-corrected chi connectivity index (χ4v) is 9.16. The number of likely N-dealkylation sites (N-methyl/N-ethyl adjacent to an activating group) is 1. The fraction of sp³-hybridized carbons (Fsp3) is 0.903. The summed E-state index contributed by atoms with van der Waals surface area (Å²) in [5.41, 5.74) is 2.50. The van der Waals surface area contributed by atoms with Gasteiger partial charge in [0.05, 0.1) is 7.05 Å². The number of nitrogens with two attached hydrogens (primary N) is 1. The van der Waals surface area contributed by atoms with Gasteiger partial charge in [0.25, 0.3) is 0 Å². The van der Waals surface area contributed by atoms with Crippen LogP contribution in [0.1, 0.15) is 112 Å². The Bertz CT molecular complexity index is 759. The lowest BCUT2D eigenvalue weighted by Crippen LogP contribution is -2.87. The summed E-state index contributed by atoms with van der Waals surface area (Å²) < 4.78 is 5.94. The Kier molecular flexibility index (Phi) is 7.92. The molecule has 3 heteroatoms. The Morgan fingerprint density at radius 2 is 1.82 bits per heavy atom. The second kappa shape index (κ2) is 10.3. The van der Waals surface area contributed by atoms with Gasteiger partial charge in [-0.15, -0.1) is 0 Å². The maximum absolute atomic E-state index is 12.4. The number of esters is 1. The second-order valence-electron chi connectivity index (χ2n) is 13.7. The van der Waals surface area contributed by atoms with Crippen LogP contribution in [0, 0.1) is 46.3 Å². The predicted molar refractivity (Wildman–Crippen MR) is 140 cm³/mol. The molecule has 0 radical (unpaired) electrons. The lowest BCUT2D eigenvalue weighted by molar-refractivity contribution is -0.648. The van der Waals surface area contributed by atoms with E-state index in [9.17, 15) is 4.79 Å². The van der Waals surface area contributed by atoms with Crippen molar-refractivity contribution >= 4 is 5.97 Å². The van der Waals surface area contributed by atoms with Crippen LogP contribution >= 0.6 is 0 Å². The third-order valence-electron chi connectivity index (χ3n) is 11.4. The molecule has 9 atom stereocenters. The summed E-state index contributed by atoms with van der Waals surface area (Å²) >= 11 is 0. The van der Waals surface area contributed by atoms with Gasteiger partial charge in [-0.05, 0) is 98.2 Å². The molecule has 34 heavy (non-hydrogen) atoms. The highest BCUT2D eigenvalue weighted by Gasteiger charge is 2.59. The SMILES string of the molecule is C[NH2+]C(C)C(=O)OC1CCC2(C)C(=CCC3C2CCC2(C)C3CC[C@@H]2[C@H](C)CCCC(C)C)C1. The van der Waals surface area contributed by atoms with Crippen molar-refractivity contribution in [2.75, 3.05) is 7.05 Å². The summed E-state index contributed by atoms with van der Waals surface area (Å²) in [6, 6.07) is -0.0999. The van der Waals surface area contributed by atoms with Crippen molar-refractivity contribution in [2.45, 2.75) is 124 Å². The fourth-order valence-electron chi connectivity index (χ4n) is 9.16. The van der Waals surface area contributed by atoms with Crippen LogP contribution in [-0.2, 0) is 9.53 Å². The molecule has 0 saturated heterocycles. The molecule has 0 heterocycles. The number of ether oxygens (including phenoxy) is 1. The Morgan fingerprint density at radius 1 is 1.06 bits per heavy atom. The molecule has 0 aromatic rings. The molecule has 4 aliphatic rings. The lowest BCUT2D eigenvalue weighted by atomic mass is 9.47. The Balaban J connectivity index is 1.43. The van der Waals surface area contributed by atoms with E-state index >= 15 is 0 Å². The largest absolute Gasteiger partial charge is 0.458 e. The molecule has 7 unspecified atom stereocenters. The summed E-state index contributed by atoms with van der Waals surface area (Å²) in [6.45, 7) is 14.5. The van der Waals surface area contributed by atoms with Crippen LogP contribution in [0.3, 0.4) is 0 Å². The van der Waals surface area contributed by atoms with Gasteiger partial charge in [-0.2, -0.15) is 0 Å². The molecular formula is C31H54NO2+. The summed E-state index contributed by atoms with van der Waals surface area (Å²) in [5.74, 6) is 5.22. The molecule has 3 nitrogen and oxygen atoms in total. The van der Waals surface area contributed by atoms with E-state index in [1.807, 2.05) is 19.3 Å². The first-order valence-electron chi connectivity index (χ1n) is 14.8. The van der Waals surface area contributed by atoms with Gasteiger partial charge in [-0.3, -0.25) is 0 Å². The van der Waals surface area contributed by atoms with Gasteiger partial charge >= 0.3 is 5.97 Å². The Labute approximate surface area is 210 Å². The topological polar surface area (TPSA) is 42.9 Å². The molecule has 0 amide bonds. The molecule has 3 saturated carbocycles. The monoisotopic (exact) mass is 472 g/mol. The van der Waals surface area contributed by atoms with E-state index in [1.165, 1.54) is 57.8 Å². The quantitative estimate of drug-likeness (QED) is 0.323. The summed E-state index contributed by atoms with van der Waals surface area (Å²) in [5, 5.41) is 1.94. The molecule has 0 aliphatic heterocycles. The minimum absolute atomic E-state index is 0.0432. The number of fused-ring (bicyclic) bond motifs is 5. The van der Waals surface area contributed by atoms with Gasteiger partial charge in [0.1, 0.15) is 6.10 Å². The zero-order valence-electron chi connectivity index (χ0n) is 23.4. The van der Waals surface area contributed by atoms with Gasteiger partial charge in [0.15, 0.2) is 6.04 Å². The molecule has 3 fully saturated rings. The Hall–Kier alpha value is -0.830. The first-order valence-corrected chi connectivity index (χ1v) is 14.8. The van der Waals surface area contributed by atoms with Crippen LogP contribution in [0.2, 0.25) is 0 Å². The van der Waals surface area contributed by atoms with Crippen LogP contribution in [0.25, 0.3) is 0 Å². The van der Waals surface area contributed by atoms with Gasteiger partial charge < -0.3 is 10.1 Å². The van der Waals surface area contributed by atoms with Gasteiger partial charge in [-0.25, -0.2) is 4.79 Å². The number of hydrogen-bond acceptors (Lipinski definition) is 2. The summed E-state index contributed by atoms with van der Waals surface area (Å²) in [6.07, 6.45) is 17.2. The maximum Gasteiger partial charge on any atom is 0.364 e. The average molecular weight is 473 g/mol. The van der Waals surface area contributed by atoms with Crippen LogP contribution in [-0.4, -0.2) is 25.2 Å². The van der Waals surface area contributed by atoms with E-state index in [4.69, 9.17) is 4.74 Å². The summed E-state index contributed by atoms with van der Waals surface area (Å²) in [4.78, 5) is 12.4. The van der Waals surface area contributed by atoms with Crippen molar-refractivity contribution in [2.24, 2.45) is 46.3 Å². The third kappa shape index (κ3) is 4.76. The highest BCUT2D eigenvalue weighted by atomic mass is 16.5. The normalized spacial score (nSPS) is 41.2. The smallest absolute Gasteiger partial charge is 0.364 e. The standard InChI is InChI=1S/C31H53NO2/c1-20(2)9-8-10-21(3)26-13-14-27-25-12-11-23-19-24(34-29(33)22(4)32-7)15-17-30(23,5)28(25)16-18-31(26,27)6/h11,20-22,24-28,32H,8-10,12-19H2,1-7H3/p+1/t21-,22?,24?,25?,26-,27?,28?,30?,31?/m1/s1. The minimum Gasteiger partial charge on any atom is -0.458 e. The molecule has 0 aromatic heterocycles. The van der Waals surface area contributed by atoms with Crippen LogP contribution in [0.5, 0.6) is 0 Å². The molecule has 4 rings (SSSR count). The molecule has 0 bridgehead atoms. The van der Waals surface area contributed by atoms with E-state index in [0.717, 1.165) is 48.3 Å². The number of quaternary nitrogens is 1. The number of rotatable bonds is 8. The zero-order valence-corrected chi connectivity index (χ0v) is 23.4. The van der Waals surface area contributed by atoms with Gasteiger partial charge in [0, 0.05) is 6.42 Å². The number of hydrogen-bond donors (Lipinski definition) is 1. The molecule has 4 aliphatic carbocycles. The number of carbonyl (C=O) groups excluding carboxylic acids is 1. The summed E-state index contributed by atoms with van der Waals surface area (Å²) in [7, 11) is 1.95. The second-order valence-corrected chi connectivity index (χ2v) is 13.7. The molecular weight excluding hydrogens is 418 g/mol. The molecule has 0 aromatic carbocycles. The molecule has 194 valence electrons. The first-order chi connectivity index (χ1) is 16.1. The van der Waals surface area contributed by atoms with E-state index in [-0.39, 0.29) is 18.1 Å². The predicted octanol–water partition coefficient (Wildman–Crippen LogP) is 6.52. The lowest BCUT2D eigenvalue weighted by Gasteiger charge is -2.58. The van der Waals surface area contributed by atoms with Crippen molar-refractivity contribution in [1.29, 1.82) is 0 Å². The van der Waals surface area contributed by atoms with Crippen molar-refractivity contribution in [3.63, 3.8) is 0 Å². The van der Waals surface area contributed by atoms with E-state index in [1.54, 1.807) is 5.57 Å². The zero-order chi connectivity index (χ0) is 24.7. The van der Waals surface area contributed by atoms with Crippen LogP contribution in [0.15, 0.2) is 11.6 Å². The van der Waals surface area contributed by atoms with Gasteiger partial charge in [-0.1, -0.05) is 65.5 Å². The Morgan fingerprint density at radius 3 is 2.53 bits per heavy atom. The van der Waals surface area contributed by atoms with Crippen molar-refractivity contribution < 1.29 is 14.8 Å². The van der Waals surface area contributed by atoms with E-state index < -0.39 is 0 Å². The van der Waals surface area contributed by atoms with Crippen LogP contribution in [0.4, 0.5) is 0 Å². The minimum atomic E-state index is -0.0999. The number of carbonyl (C=O) groups is 1. The highest BCUT2D eigenvalue weighted by molar-refractivity contribution is 5.73. The van der Waals surface area contributed by atoms with Crippen molar-refractivity contribution in [3.8, 4) is 0 Å². The van der Waals surface area contributed by atoms with E-state index in [0.29, 0.717) is 10.8 Å². The highest BCUT2D eigenvalue weighted by Crippen LogP contribution is 2.67. The van der Waals surface area contributed by atoms with Gasteiger partial charge in [0.2, 0.25) is 0 Å². The van der Waals surface area contributed by atoms with Crippen molar-refractivity contribution in [3.05, 3.63) is 11.6 Å². The maximum atomic E-state index is 12.4. The third-order valence-corrected chi connectivity index (χ3v) is 11.4. The molecule has 2 N–H and O–H groups in total. The van der Waals surface area contributed by atoms with Crippen molar-refractivity contribution in [1.82, 2.24) is 0 Å². The van der Waals surface area contributed by atoms with E-state index in [2.05, 4.69) is 40.7 Å². The average Bonchev–Trinajstić information content (AvgIpc) is 3.15. The number of allylic oxidation sites excluding steroid dienone is 1.